The number of rotatable bonds is 8. The van der Waals surface area contributed by atoms with Crippen LogP contribution in [0, 0.1) is 22.7 Å². The van der Waals surface area contributed by atoms with E-state index in [0.29, 0.717) is 32.4 Å². The molecule has 0 fully saturated rings. The van der Waals surface area contributed by atoms with E-state index in [2.05, 4.69) is 11.1 Å². The van der Waals surface area contributed by atoms with Crippen molar-refractivity contribution >= 4 is 16.8 Å². The van der Waals surface area contributed by atoms with Gasteiger partial charge in [-0.15, -0.1) is 0 Å². The predicted molar refractivity (Wildman–Crippen MR) is 88.3 cm³/mol. The average molecular weight is 308 g/mol. The van der Waals surface area contributed by atoms with Gasteiger partial charge in [-0.1, -0.05) is 18.2 Å². The number of nitrogens with one attached hydrogen (secondary N) is 1. The lowest BCUT2D eigenvalue weighted by Crippen LogP contribution is -2.32. The molecular formula is C18H20N4O. The minimum absolute atomic E-state index is 0.0235. The van der Waals surface area contributed by atoms with E-state index in [1.807, 2.05) is 36.5 Å². The highest BCUT2D eigenvalue weighted by molar-refractivity contribution is 5.83. The molecule has 0 atom stereocenters. The standard InChI is InChI=1S/C18H20N4O/c19-10-4-12-22(13-5-11-20)18(23)9-3-6-15-14-21-17-8-2-1-7-16(15)17/h1-2,7-8,14,21H,3-6,9,12-13H2. The van der Waals surface area contributed by atoms with Gasteiger partial charge in [0.25, 0.3) is 0 Å². The molecule has 0 aliphatic carbocycles. The van der Waals surface area contributed by atoms with Crippen LogP contribution in [0.4, 0.5) is 0 Å². The normalized spacial score (nSPS) is 10.2. The molecule has 5 heteroatoms. The van der Waals surface area contributed by atoms with Crippen molar-refractivity contribution in [1.82, 2.24) is 9.88 Å². The summed E-state index contributed by atoms with van der Waals surface area (Å²) in [4.78, 5) is 17.1. The van der Waals surface area contributed by atoms with Crippen LogP contribution < -0.4 is 0 Å². The topological polar surface area (TPSA) is 83.7 Å². The summed E-state index contributed by atoms with van der Waals surface area (Å²) in [5.41, 5.74) is 2.33. The third-order valence-electron chi connectivity index (χ3n) is 3.85. The number of H-pyrrole nitrogens is 1. The first kappa shape index (κ1) is 16.6. The Bertz CT molecular complexity index is 717. The summed E-state index contributed by atoms with van der Waals surface area (Å²) in [6.45, 7) is 0.814. The molecule has 0 saturated carbocycles. The van der Waals surface area contributed by atoms with E-state index in [-0.39, 0.29) is 5.91 Å². The molecule has 1 aromatic heterocycles. The number of aryl methyl sites for hydroxylation is 1. The molecule has 2 aromatic rings. The molecule has 118 valence electrons. The van der Waals surface area contributed by atoms with Crippen molar-refractivity contribution in [2.24, 2.45) is 0 Å². The zero-order valence-corrected chi connectivity index (χ0v) is 13.1. The van der Waals surface area contributed by atoms with E-state index < -0.39 is 0 Å². The number of para-hydroxylation sites is 1. The van der Waals surface area contributed by atoms with Gasteiger partial charge in [-0.3, -0.25) is 4.79 Å². The monoisotopic (exact) mass is 308 g/mol. The van der Waals surface area contributed by atoms with Crippen LogP contribution >= 0.6 is 0 Å². The first-order valence-electron chi connectivity index (χ1n) is 7.83. The summed E-state index contributed by atoms with van der Waals surface area (Å²) in [6.07, 6.45) is 4.64. The van der Waals surface area contributed by atoms with E-state index in [9.17, 15) is 4.79 Å². The zero-order valence-electron chi connectivity index (χ0n) is 13.1. The van der Waals surface area contributed by atoms with Crippen molar-refractivity contribution in [2.45, 2.75) is 32.1 Å². The number of hydrogen-bond acceptors (Lipinski definition) is 3. The summed E-state index contributed by atoms with van der Waals surface area (Å²) >= 11 is 0. The molecule has 0 aliphatic heterocycles. The molecule has 23 heavy (non-hydrogen) atoms. The van der Waals surface area contributed by atoms with Crippen molar-refractivity contribution in [3.8, 4) is 12.1 Å². The molecule has 0 saturated heterocycles. The number of carbonyl (C=O) groups is 1. The molecule has 1 heterocycles. The Labute approximate surface area is 136 Å². The Hall–Kier alpha value is -2.79. The number of aromatic nitrogens is 1. The van der Waals surface area contributed by atoms with Crippen LogP contribution in [-0.4, -0.2) is 28.9 Å². The highest BCUT2D eigenvalue weighted by Gasteiger charge is 2.13. The molecule has 0 spiro atoms. The number of nitriles is 2. The SMILES string of the molecule is N#CCCN(CCC#N)C(=O)CCCc1c[nH]c2ccccc12. The second-order valence-electron chi connectivity index (χ2n) is 5.41. The minimum Gasteiger partial charge on any atom is -0.361 e. The van der Waals surface area contributed by atoms with E-state index in [1.54, 1.807) is 4.90 Å². The van der Waals surface area contributed by atoms with Crippen LogP contribution in [-0.2, 0) is 11.2 Å². The third-order valence-corrected chi connectivity index (χ3v) is 3.85. The Balaban J connectivity index is 1.87. The van der Waals surface area contributed by atoms with Gasteiger partial charge in [-0.2, -0.15) is 10.5 Å². The van der Waals surface area contributed by atoms with Crippen molar-refractivity contribution < 1.29 is 4.79 Å². The second kappa shape index (κ2) is 8.60. The summed E-state index contributed by atoms with van der Waals surface area (Å²) < 4.78 is 0. The zero-order chi connectivity index (χ0) is 16.5. The van der Waals surface area contributed by atoms with Gasteiger partial charge in [-0.05, 0) is 24.5 Å². The number of amides is 1. The average Bonchev–Trinajstić information content (AvgIpc) is 2.98. The maximum absolute atomic E-state index is 12.2. The highest BCUT2D eigenvalue weighted by Crippen LogP contribution is 2.19. The minimum atomic E-state index is 0.0235. The van der Waals surface area contributed by atoms with Crippen LogP contribution in [0.5, 0.6) is 0 Å². The van der Waals surface area contributed by atoms with Gasteiger partial charge in [0.1, 0.15) is 0 Å². The number of hydrogen-bond donors (Lipinski definition) is 1. The molecule has 0 radical (unpaired) electrons. The smallest absolute Gasteiger partial charge is 0.222 e. The van der Waals surface area contributed by atoms with Gasteiger partial charge in [0, 0.05) is 36.6 Å². The summed E-state index contributed by atoms with van der Waals surface area (Å²) in [6, 6.07) is 12.2. The fraction of sp³-hybridized carbons (Fsp3) is 0.389. The second-order valence-corrected chi connectivity index (χ2v) is 5.41. The largest absolute Gasteiger partial charge is 0.361 e. The number of carbonyl (C=O) groups excluding carboxylic acids is 1. The molecule has 2 rings (SSSR count). The van der Waals surface area contributed by atoms with Crippen molar-refractivity contribution in [3.05, 3.63) is 36.0 Å². The molecule has 1 N–H and O–H groups in total. The molecule has 5 nitrogen and oxygen atoms in total. The van der Waals surface area contributed by atoms with Crippen molar-refractivity contribution in [3.63, 3.8) is 0 Å². The van der Waals surface area contributed by atoms with Crippen molar-refractivity contribution in [1.29, 1.82) is 10.5 Å². The van der Waals surface area contributed by atoms with Crippen LogP contribution in [0.3, 0.4) is 0 Å². The molecule has 0 bridgehead atoms. The van der Waals surface area contributed by atoms with Gasteiger partial charge >= 0.3 is 0 Å². The van der Waals surface area contributed by atoms with E-state index in [0.717, 1.165) is 18.4 Å². The molecule has 1 aromatic carbocycles. The van der Waals surface area contributed by atoms with E-state index >= 15 is 0 Å². The molecule has 0 aliphatic rings. The van der Waals surface area contributed by atoms with Gasteiger partial charge in [-0.25, -0.2) is 0 Å². The predicted octanol–water partition coefficient (Wildman–Crippen LogP) is 3.15. The van der Waals surface area contributed by atoms with Crippen LogP contribution in [0.25, 0.3) is 10.9 Å². The number of aromatic amines is 1. The van der Waals surface area contributed by atoms with Crippen LogP contribution in [0.2, 0.25) is 0 Å². The van der Waals surface area contributed by atoms with E-state index in [4.69, 9.17) is 10.5 Å². The number of nitrogens with zero attached hydrogens (tertiary/aromatic N) is 3. The summed E-state index contributed by atoms with van der Waals surface area (Å²) in [7, 11) is 0. The van der Waals surface area contributed by atoms with Gasteiger partial charge < -0.3 is 9.88 Å². The highest BCUT2D eigenvalue weighted by atomic mass is 16.2. The maximum atomic E-state index is 12.2. The Morgan fingerprint density at radius 3 is 2.52 bits per heavy atom. The fourth-order valence-corrected chi connectivity index (χ4v) is 2.66. The van der Waals surface area contributed by atoms with Crippen molar-refractivity contribution in [2.75, 3.05) is 13.1 Å². The Kier molecular flexibility index (Phi) is 6.20. The van der Waals surface area contributed by atoms with Gasteiger partial charge in [0.15, 0.2) is 0 Å². The van der Waals surface area contributed by atoms with Crippen LogP contribution in [0.15, 0.2) is 30.5 Å². The quantitative estimate of drug-likeness (QED) is 0.813. The number of fused-ring (bicyclic) bond motifs is 1. The summed E-state index contributed by atoms with van der Waals surface area (Å²) in [5, 5.41) is 18.5. The first-order valence-corrected chi connectivity index (χ1v) is 7.83. The number of benzene rings is 1. The Morgan fingerprint density at radius 2 is 1.83 bits per heavy atom. The molecular weight excluding hydrogens is 288 g/mol. The lowest BCUT2D eigenvalue weighted by atomic mass is 10.1. The fourth-order valence-electron chi connectivity index (χ4n) is 2.66. The summed E-state index contributed by atoms with van der Waals surface area (Å²) in [5.74, 6) is 0.0235. The van der Waals surface area contributed by atoms with Gasteiger partial charge in [0.2, 0.25) is 5.91 Å². The van der Waals surface area contributed by atoms with Crippen LogP contribution in [0.1, 0.15) is 31.2 Å². The lowest BCUT2D eigenvalue weighted by molar-refractivity contribution is -0.131. The van der Waals surface area contributed by atoms with Gasteiger partial charge in [0.05, 0.1) is 25.0 Å². The Morgan fingerprint density at radius 1 is 1.13 bits per heavy atom. The third kappa shape index (κ3) is 4.59. The first-order chi connectivity index (χ1) is 11.3. The molecule has 1 amide bonds. The molecule has 0 unspecified atom stereocenters. The van der Waals surface area contributed by atoms with E-state index in [1.165, 1.54) is 10.9 Å². The lowest BCUT2D eigenvalue weighted by Gasteiger charge is -2.20. The maximum Gasteiger partial charge on any atom is 0.222 e.